The molecule has 0 bridgehead atoms. The lowest BCUT2D eigenvalue weighted by Crippen LogP contribution is -2.57. The highest BCUT2D eigenvalue weighted by atomic mass is 16.7. The van der Waals surface area contributed by atoms with E-state index in [0.29, 0.717) is 17.8 Å². The molecule has 206 valence electrons. The Morgan fingerprint density at radius 1 is 0.457 bits per heavy atom. The largest absolute Gasteiger partial charge is 0.355 e. The molecule has 6 nitrogen and oxygen atoms in total. The molecule has 0 aromatic carbocycles. The minimum atomic E-state index is -0.332. The summed E-state index contributed by atoms with van der Waals surface area (Å²) in [5.74, 6) is 2.15. The van der Waals surface area contributed by atoms with E-state index in [0.717, 1.165) is 19.3 Å². The molecule has 15 atom stereocenters. The van der Waals surface area contributed by atoms with Crippen molar-refractivity contribution in [3.05, 3.63) is 0 Å². The van der Waals surface area contributed by atoms with Crippen molar-refractivity contribution in [1.82, 2.24) is 0 Å². The smallest absolute Gasteiger partial charge is 0.163 e. The highest BCUT2D eigenvalue weighted by molar-refractivity contribution is 4.91. The Morgan fingerprint density at radius 3 is 1.26 bits per heavy atom. The minimum Gasteiger partial charge on any atom is -0.355 e. The van der Waals surface area contributed by atoms with Crippen LogP contribution >= 0.6 is 0 Å². The summed E-state index contributed by atoms with van der Waals surface area (Å²) in [4.78, 5) is 0. The summed E-state index contributed by atoms with van der Waals surface area (Å²) >= 11 is 0. The first-order valence-corrected chi connectivity index (χ1v) is 14.4. The third-order valence-corrected chi connectivity index (χ3v) is 9.73. The van der Waals surface area contributed by atoms with Crippen LogP contribution in [0, 0.1) is 41.4 Å². The fourth-order valence-corrected chi connectivity index (χ4v) is 6.81. The predicted molar refractivity (Wildman–Crippen MR) is 138 cm³/mol. The van der Waals surface area contributed by atoms with Gasteiger partial charge >= 0.3 is 0 Å². The quantitative estimate of drug-likeness (QED) is 0.394. The number of hydrogen-bond acceptors (Lipinski definition) is 6. The average Bonchev–Trinajstić information content (AvgIpc) is 2.85. The van der Waals surface area contributed by atoms with Crippen LogP contribution in [0.3, 0.4) is 0 Å². The van der Waals surface area contributed by atoms with Gasteiger partial charge in [0.1, 0.15) is 0 Å². The highest BCUT2D eigenvalue weighted by Gasteiger charge is 2.49. The van der Waals surface area contributed by atoms with E-state index in [2.05, 4.69) is 69.2 Å². The summed E-state index contributed by atoms with van der Waals surface area (Å²) in [6.45, 7) is 22.4. The number of ether oxygens (including phenoxy) is 6. The number of hydrogen-bond donors (Lipinski definition) is 0. The van der Waals surface area contributed by atoms with Crippen molar-refractivity contribution in [1.29, 1.82) is 0 Å². The molecular formula is C29H54O6. The van der Waals surface area contributed by atoms with Crippen LogP contribution in [-0.4, -0.2) is 56.5 Å². The van der Waals surface area contributed by atoms with Crippen molar-refractivity contribution in [3.8, 4) is 0 Å². The van der Waals surface area contributed by atoms with Crippen LogP contribution in [0.2, 0.25) is 0 Å². The topological polar surface area (TPSA) is 55.4 Å². The van der Waals surface area contributed by atoms with Gasteiger partial charge in [0.05, 0.1) is 30.5 Å². The van der Waals surface area contributed by atoms with Crippen LogP contribution in [0.4, 0.5) is 0 Å². The fraction of sp³-hybridized carbons (Fsp3) is 1.00. The Balaban J connectivity index is 1.79. The van der Waals surface area contributed by atoms with E-state index in [9.17, 15) is 0 Å². The minimum absolute atomic E-state index is 0.00661. The van der Waals surface area contributed by atoms with Crippen LogP contribution < -0.4 is 0 Å². The van der Waals surface area contributed by atoms with Gasteiger partial charge in [0.2, 0.25) is 0 Å². The zero-order chi connectivity index (χ0) is 26.0. The zero-order valence-electron chi connectivity index (χ0n) is 24.2. The van der Waals surface area contributed by atoms with E-state index >= 15 is 0 Å². The average molecular weight is 499 g/mol. The summed E-state index contributed by atoms with van der Waals surface area (Å²) in [6.07, 6.45) is 2.52. The Morgan fingerprint density at radius 2 is 0.829 bits per heavy atom. The van der Waals surface area contributed by atoms with Gasteiger partial charge in [-0.15, -0.1) is 0 Å². The lowest BCUT2D eigenvalue weighted by molar-refractivity contribution is -0.345. The van der Waals surface area contributed by atoms with E-state index in [1.807, 2.05) is 0 Å². The second kappa shape index (κ2) is 12.5. The maximum atomic E-state index is 6.88. The standard InChI is InChI=1S/C29H54O6/c1-12-22-16(5)15(4)17(6)28(32-22)34-26-19(8)24(14-3)33-29(21(26)10)35-25-18(7)23(13-2)31-27(30-11)20(25)9/h15-29H,12-14H2,1-11H3/t15-,16-,17?,18+,19+,20?,21?,22?,23?,24?,25-,26-,27-,28+,29+/m0/s1. The third kappa shape index (κ3) is 5.93. The normalized spacial score (nSPS) is 51.3. The van der Waals surface area contributed by atoms with Crippen molar-refractivity contribution in [2.24, 2.45) is 41.4 Å². The summed E-state index contributed by atoms with van der Waals surface area (Å²) in [5.41, 5.74) is 0. The first-order chi connectivity index (χ1) is 16.6. The molecule has 3 aliphatic heterocycles. The molecule has 3 fully saturated rings. The monoisotopic (exact) mass is 498 g/mol. The van der Waals surface area contributed by atoms with Gasteiger partial charge in [-0.3, -0.25) is 0 Å². The molecule has 0 spiro atoms. The van der Waals surface area contributed by atoms with E-state index in [-0.39, 0.29) is 73.1 Å². The van der Waals surface area contributed by atoms with Gasteiger partial charge in [0.25, 0.3) is 0 Å². The van der Waals surface area contributed by atoms with E-state index in [4.69, 9.17) is 28.4 Å². The maximum absolute atomic E-state index is 6.88. The van der Waals surface area contributed by atoms with Gasteiger partial charge in [-0.25, -0.2) is 0 Å². The highest BCUT2D eigenvalue weighted by Crippen LogP contribution is 2.43. The molecule has 35 heavy (non-hydrogen) atoms. The second-order valence-electron chi connectivity index (χ2n) is 11.8. The van der Waals surface area contributed by atoms with Crippen LogP contribution in [0.1, 0.15) is 88.5 Å². The van der Waals surface area contributed by atoms with Gasteiger partial charge in [0, 0.05) is 36.7 Å². The molecule has 3 heterocycles. The molecule has 0 aromatic rings. The molecule has 0 saturated carbocycles. The van der Waals surface area contributed by atoms with Crippen molar-refractivity contribution in [2.45, 2.75) is 138 Å². The molecule has 0 aromatic heterocycles. The van der Waals surface area contributed by atoms with Crippen LogP contribution in [0.5, 0.6) is 0 Å². The molecule has 0 radical (unpaired) electrons. The Bertz CT molecular complexity index is 627. The van der Waals surface area contributed by atoms with Gasteiger partial charge in [-0.05, 0) is 31.1 Å². The molecule has 6 heteroatoms. The summed E-state index contributed by atoms with van der Waals surface area (Å²) in [7, 11) is 1.72. The van der Waals surface area contributed by atoms with Crippen LogP contribution in [0.15, 0.2) is 0 Å². The van der Waals surface area contributed by atoms with Crippen molar-refractivity contribution in [3.63, 3.8) is 0 Å². The summed E-state index contributed by atoms with van der Waals surface area (Å²) in [6, 6.07) is 0. The van der Waals surface area contributed by atoms with Gasteiger partial charge in [-0.1, -0.05) is 69.2 Å². The lowest BCUT2D eigenvalue weighted by atomic mass is 9.78. The first kappa shape index (κ1) is 29.3. The third-order valence-electron chi connectivity index (χ3n) is 9.73. The summed E-state index contributed by atoms with van der Waals surface area (Å²) < 4.78 is 38.7. The molecule has 0 aliphatic carbocycles. The molecule has 3 aliphatic rings. The number of methoxy groups -OCH3 is 1. The molecule has 3 rings (SSSR count). The second-order valence-corrected chi connectivity index (χ2v) is 11.8. The first-order valence-electron chi connectivity index (χ1n) is 14.4. The van der Waals surface area contributed by atoms with E-state index in [1.165, 1.54) is 0 Å². The van der Waals surface area contributed by atoms with Gasteiger partial charge in [0.15, 0.2) is 18.9 Å². The molecule has 0 amide bonds. The van der Waals surface area contributed by atoms with Crippen LogP contribution in [-0.2, 0) is 28.4 Å². The lowest BCUT2D eigenvalue weighted by Gasteiger charge is -2.51. The van der Waals surface area contributed by atoms with Crippen molar-refractivity contribution >= 4 is 0 Å². The van der Waals surface area contributed by atoms with Crippen molar-refractivity contribution < 1.29 is 28.4 Å². The maximum Gasteiger partial charge on any atom is 0.163 e. The van der Waals surface area contributed by atoms with Gasteiger partial charge in [-0.2, -0.15) is 0 Å². The molecule has 6 unspecified atom stereocenters. The van der Waals surface area contributed by atoms with E-state index < -0.39 is 0 Å². The molecule has 0 N–H and O–H groups in total. The molecule has 3 saturated heterocycles. The number of rotatable bonds is 8. The molecular weight excluding hydrogens is 444 g/mol. The van der Waals surface area contributed by atoms with Gasteiger partial charge < -0.3 is 28.4 Å². The predicted octanol–water partition coefficient (Wildman–Crippen LogP) is 6.26. The Labute approximate surface area is 215 Å². The van der Waals surface area contributed by atoms with E-state index in [1.54, 1.807) is 7.11 Å². The Hall–Kier alpha value is -0.240. The zero-order valence-corrected chi connectivity index (χ0v) is 24.2. The Kier molecular flexibility index (Phi) is 10.5. The fourth-order valence-electron chi connectivity index (χ4n) is 6.81. The summed E-state index contributed by atoms with van der Waals surface area (Å²) in [5, 5.41) is 0. The van der Waals surface area contributed by atoms with Crippen molar-refractivity contribution in [2.75, 3.05) is 7.11 Å². The van der Waals surface area contributed by atoms with Crippen LogP contribution in [0.25, 0.3) is 0 Å². The SMILES string of the molecule is CCC1O[C@H](O[C@@H]2C(C)[C@@H](O[C@@H]3C(C)[C@@H](OC)OC(CC)[C@H]3C)OC(CC)[C@H]2C)C(C)[C@@H](C)[C@@H]1C.